The molecule has 6 nitrogen and oxygen atoms in total. The highest BCUT2D eigenvalue weighted by Gasteiger charge is 2.27. The number of nitrogens with zero attached hydrogens (tertiary/aromatic N) is 5. The summed E-state index contributed by atoms with van der Waals surface area (Å²) in [5.41, 5.74) is 5.62. The van der Waals surface area contributed by atoms with E-state index in [-0.39, 0.29) is 5.91 Å². The van der Waals surface area contributed by atoms with E-state index in [1.165, 1.54) is 5.56 Å². The fourth-order valence-corrected chi connectivity index (χ4v) is 4.86. The number of anilines is 1. The van der Waals surface area contributed by atoms with Gasteiger partial charge in [0.05, 0.1) is 11.3 Å². The Labute approximate surface area is 191 Å². The Morgan fingerprint density at radius 1 is 1.00 bits per heavy atom. The maximum absolute atomic E-state index is 13.7. The normalized spacial score (nSPS) is 14.1. The molecule has 0 atom stereocenters. The van der Waals surface area contributed by atoms with Crippen molar-refractivity contribution < 1.29 is 4.79 Å². The van der Waals surface area contributed by atoms with E-state index in [4.69, 9.17) is 5.10 Å². The molecule has 5 rings (SSSR count). The largest absolute Gasteiger partial charge is 0.345 e. The summed E-state index contributed by atoms with van der Waals surface area (Å²) >= 11 is 1.64. The Hall–Kier alpha value is -3.45. The van der Waals surface area contributed by atoms with Gasteiger partial charge in [-0.15, -0.1) is 11.3 Å². The van der Waals surface area contributed by atoms with Gasteiger partial charge in [0, 0.05) is 49.5 Å². The highest BCUT2D eigenvalue weighted by atomic mass is 32.1. The Morgan fingerprint density at radius 3 is 2.47 bits per heavy atom. The Balaban J connectivity index is 1.48. The second-order valence-corrected chi connectivity index (χ2v) is 8.96. The average Bonchev–Trinajstić information content (AvgIpc) is 3.50. The fourth-order valence-electron chi connectivity index (χ4n) is 4.16. The number of hydrogen-bond acceptors (Lipinski definition) is 5. The zero-order chi connectivity index (χ0) is 22.1. The van der Waals surface area contributed by atoms with E-state index in [0.717, 1.165) is 40.7 Å². The van der Waals surface area contributed by atoms with Crippen molar-refractivity contribution in [1.82, 2.24) is 19.7 Å². The number of aryl methyl sites for hydroxylation is 2. The van der Waals surface area contributed by atoms with Gasteiger partial charge in [-0.2, -0.15) is 5.10 Å². The number of amides is 1. The minimum atomic E-state index is 0.0287. The van der Waals surface area contributed by atoms with Gasteiger partial charge < -0.3 is 9.80 Å². The number of piperazine rings is 1. The molecule has 4 aromatic rings. The van der Waals surface area contributed by atoms with Crippen molar-refractivity contribution in [2.45, 2.75) is 13.8 Å². The molecule has 0 spiro atoms. The molecule has 1 amide bonds. The maximum atomic E-state index is 13.7. The molecule has 1 aliphatic heterocycles. The van der Waals surface area contributed by atoms with Crippen LogP contribution in [-0.4, -0.2) is 51.8 Å². The predicted molar refractivity (Wildman–Crippen MR) is 129 cm³/mol. The first kappa shape index (κ1) is 20.5. The van der Waals surface area contributed by atoms with Crippen LogP contribution in [0, 0.1) is 13.8 Å². The maximum Gasteiger partial charge on any atom is 0.257 e. The summed E-state index contributed by atoms with van der Waals surface area (Å²) in [5.74, 6) is 0.0287. The van der Waals surface area contributed by atoms with Gasteiger partial charge in [0.25, 0.3) is 5.91 Å². The first-order valence-electron chi connectivity index (χ1n) is 10.8. The van der Waals surface area contributed by atoms with Crippen LogP contribution in [0.4, 0.5) is 5.13 Å². The molecule has 1 aliphatic rings. The molecule has 0 N–H and O–H groups in total. The third-order valence-electron chi connectivity index (χ3n) is 5.86. The van der Waals surface area contributed by atoms with Crippen LogP contribution in [0.3, 0.4) is 0 Å². The number of carbonyl (C=O) groups excluding carboxylic acids is 1. The molecule has 2 aromatic heterocycles. The summed E-state index contributed by atoms with van der Waals surface area (Å²) in [6, 6.07) is 16.2. The lowest BCUT2D eigenvalue weighted by Gasteiger charge is -2.34. The molecule has 2 aromatic carbocycles. The minimum Gasteiger partial charge on any atom is -0.345 e. The first-order chi connectivity index (χ1) is 15.6. The van der Waals surface area contributed by atoms with Gasteiger partial charge in [0.15, 0.2) is 5.13 Å². The predicted octanol–water partition coefficient (Wildman–Crippen LogP) is 4.58. The van der Waals surface area contributed by atoms with Crippen LogP contribution in [0.5, 0.6) is 0 Å². The molecule has 0 unspecified atom stereocenters. The quantitative estimate of drug-likeness (QED) is 0.463. The number of carbonyl (C=O) groups is 1. The van der Waals surface area contributed by atoms with Crippen LogP contribution in [0.25, 0.3) is 16.9 Å². The Morgan fingerprint density at radius 2 is 1.78 bits per heavy atom. The summed E-state index contributed by atoms with van der Waals surface area (Å²) in [7, 11) is 0. The highest BCUT2D eigenvalue weighted by Crippen LogP contribution is 2.29. The standard InChI is InChI=1S/C25H25N5OS/c1-18-8-9-21(19(2)16-18)23-22(17-30(27-23)20-6-4-3-5-7-20)24(31)28-11-13-29(14-12-28)25-26-10-15-32-25/h3-10,15-17H,11-14H2,1-2H3. The van der Waals surface area contributed by atoms with Gasteiger partial charge in [0.2, 0.25) is 0 Å². The van der Waals surface area contributed by atoms with Crippen LogP contribution >= 0.6 is 11.3 Å². The van der Waals surface area contributed by atoms with E-state index >= 15 is 0 Å². The molecule has 1 saturated heterocycles. The number of aromatic nitrogens is 3. The monoisotopic (exact) mass is 443 g/mol. The van der Waals surface area contributed by atoms with Crippen molar-refractivity contribution in [3.8, 4) is 16.9 Å². The summed E-state index contributed by atoms with van der Waals surface area (Å²) in [6.45, 7) is 7.05. The zero-order valence-corrected chi connectivity index (χ0v) is 19.0. The summed E-state index contributed by atoms with van der Waals surface area (Å²) in [6.07, 6.45) is 3.70. The summed E-state index contributed by atoms with van der Waals surface area (Å²) < 4.78 is 1.81. The zero-order valence-electron chi connectivity index (χ0n) is 18.2. The third-order valence-corrected chi connectivity index (χ3v) is 6.69. The van der Waals surface area contributed by atoms with Crippen LogP contribution in [0.1, 0.15) is 21.5 Å². The Kier molecular flexibility index (Phi) is 5.49. The molecule has 0 radical (unpaired) electrons. The van der Waals surface area contributed by atoms with E-state index in [9.17, 15) is 4.79 Å². The van der Waals surface area contributed by atoms with E-state index in [0.29, 0.717) is 18.7 Å². The minimum absolute atomic E-state index is 0.0287. The molecular formula is C25H25N5OS. The fraction of sp³-hybridized carbons (Fsp3) is 0.240. The molecule has 7 heteroatoms. The van der Waals surface area contributed by atoms with Crippen LogP contribution in [0.2, 0.25) is 0 Å². The van der Waals surface area contributed by atoms with Crippen molar-refractivity contribution in [3.63, 3.8) is 0 Å². The molecule has 32 heavy (non-hydrogen) atoms. The molecule has 0 aliphatic carbocycles. The summed E-state index contributed by atoms with van der Waals surface area (Å²) in [5, 5.41) is 7.87. The number of para-hydroxylation sites is 1. The summed E-state index contributed by atoms with van der Waals surface area (Å²) in [4.78, 5) is 22.2. The average molecular weight is 444 g/mol. The lowest BCUT2D eigenvalue weighted by Crippen LogP contribution is -2.48. The van der Waals surface area contributed by atoms with E-state index in [2.05, 4.69) is 41.9 Å². The van der Waals surface area contributed by atoms with Crippen molar-refractivity contribution >= 4 is 22.4 Å². The van der Waals surface area contributed by atoms with E-state index in [1.54, 1.807) is 11.3 Å². The van der Waals surface area contributed by atoms with Gasteiger partial charge in [-0.1, -0.05) is 42.0 Å². The van der Waals surface area contributed by atoms with Crippen molar-refractivity contribution in [2.24, 2.45) is 0 Å². The van der Waals surface area contributed by atoms with Crippen LogP contribution in [-0.2, 0) is 0 Å². The van der Waals surface area contributed by atoms with Gasteiger partial charge in [-0.3, -0.25) is 4.79 Å². The molecule has 0 bridgehead atoms. The second-order valence-electron chi connectivity index (χ2n) is 8.08. The van der Waals surface area contributed by atoms with Crippen molar-refractivity contribution in [3.05, 3.63) is 83.0 Å². The molecule has 0 saturated carbocycles. The SMILES string of the molecule is Cc1ccc(-c2nn(-c3ccccc3)cc2C(=O)N2CCN(c3nccs3)CC2)c(C)c1. The number of benzene rings is 2. The molecular weight excluding hydrogens is 418 g/mol. The van der Waals surface area contributed by atoms with Gasteiger partial charge >= 0.3 is 0 Å². The molecule has 162 valence electrons. The number of hydrogen-bond donors (Lipinski definition) is 0. The van der Waals surface area contributed by atoms with Gasteiger partial charge in [-0.05, 0) is 31.5 Å². The number of thiazole rings is 1. The second kappa shape index (κ2) is 8.59. The smallest absolute Gasteiger partial charge is 0.257 e. The lowest BCUT2D eigenvalue weighted by molar-refractivity contribution is 0.0747. The van der Waals surface area contributed by atoms with Crippen LogP contribution < -0.4 is 4.90 Å². The van der Waals surface area contributed by atoms with E-state index < -0.39 is 0 Å². The molecule has 3 heterocycles. The van der Waals surface area contributed by atoms with Gasteiger partial charge in [0.1, 0.15) is 5.69 Å². The Bertz CT molecular complexity index is 1220. The first-order valence-corrected chi connectivity index (χ1v) is 11.6. The highest BCUT2D eigenvalue weighted by molar-refractivity contribution is 7.13. The van der Waals surface area contributed by atoms with E-state index in [1.807, 2.05) is 57.7 Å². The third kappa shape index (κ3) is 3.91. The molecule has 1 fully saturated rings. The topological polar surface area (TPSA) is 54.3 Å². The van der Waals surface area contributed by atoms with Crippen LogP contribution in [0.15, 0.2) is 66.3 Å². The van der Waals surface area contributed by atoms with Gasteiger partial charge in [-0.25, -0.2) is 9.67 Å². The number of rotatable bonds is 4. The van der Waals surface area contributed by atoms with Crippen molar-refractivity contribution in [1.29, 1.82) is 0 Å². The lowest BCUT2D eigenvalue weighted by atomic mass is 10.00. The van der Waals surface area contributed by atoms with Crippen molar-refractivity contribution in [2.75, 3.05) is 31.1 Å².